The van der Waals surface area contributed by atoms with Crippen molar-refractivity contribution >= 4 is 45.0 Å². The zero-order chi connectivity index (χ0) is 18.0. The van der Waals surface area contributed by atoms with Crippen molar-refractivity contribution in [3.63, 3.8) is 0 Å². The molecule has 25 heavy (non-hydrogen) atoms. The van der Waals surface area contributed by atoms with Gasteiger partial charge in [-0.2, -0.15) is 0 Å². The third-order valence-electron chi connectivity index (χ3n) is 3.32. The van der Waals surface area contributed by atoms with Crippen LogP contribution in [0, 0.1) is 10.1 Å². The quantitative estimate of drug-likeness (QED) is 0.314. The molecule has 3 aromatic rings. The number of nitrogens with zero attached hydrogens (tertiary/aromatic N) is 2. The maximum atomic E-state index is 12.1. The third kappa shape index (κ3) is 3.54. The first-order valence-corrected chi connectivity index (χ1v) is 9.06. The van der Waals surface area contributed by atoms with Gasteiger partial charge in [-0.1, -0.05) is 0 Å². The largest absolute Gasteiger partial charge is 0.454 e. The van der Waals surface area contributed by atoms with Gasteiger partial charge in [0.05, 0.1) is 20.9 Å². The van der Waals surface area contributed by atoms with Gasteiger partial charge in [0.1, 0.15) is 17.1 Å². The summed E-state index contributed by atoms with van der Waals surface area (Å²) in [7, 11) is 0. The highest BCUT2D eigenvalue weighted by Crippen LogP contribution is 2.28. The number of hydrogen-bond donors (Lipinski definition) is 1. The number of nitro groups is 1. The highest BCUT2D eigenvalue weighted by molar-refractivity contribution is 7.98. The molecule has 2 aromatic heterocycles. The van der Waals surface area contributed by atoms with Gasteiger partial charge < -0.3 is 9.72 Å². The maximum absolute atomic E-state index is 12.1. The molecule has 128 valence electrons. The van der Waals surface area contributed by atoms with E-state index in [0.717, 1.165) is 0 Å². The average molecular weight is 377 g/mol. The number of fused-ring (bicyclic) bond motifs is 1. The van der Waals surface area contributed by atoms with E-state index in [1.54, 1.807) is 17.7 Å². The molecule has 2 heterocycles. The SMILES string of the molecule is CSc1ccc(C(=O)OCc2nc3ccsc3c(=O)[nH]2)cc1[N+](=O)[O-]. The summed E-state index contributed by atoms with van der Waals surface area (Å²) in [5, 5.41) is 12.8. The van der Waals surface area contributed by atoms with E-state index in [-0.39, 0.29) is 29.2 Å². The van der Waals surface area contributed by atoms with Crippen LogP contribution in [0.4, 0.5) is 5.69 Å². The molecule has 0 atom stereocenters. The molecular weight excluding hydrogens is 366 g/mol. The summed E-state index contributed by atoms with van der Waals surface area (Å²) in [6, 6.07) is 5.83. The van der Waals surface area contributed by atoms with E-state index in [2.05, 4.69) is 9.97 Å². The fourth-order valence-corrected chi connectivity index (χ4v) is 3.44. The number of H-pyrrole nitrogens is 1. The molecule has 0 amide bonds. The number of esters is 1. The van der Waals surface area contributed by atoms with Crippen molar-refractivity contribution in [3.8, 4) is 0 Å². The topological polar surface area (TPSA) is 115 Å². The number of aromatic nitrogens is 2. The predicted octanol–water partition coefficient (Wildman–Crippen LogP) is 2.97. The van der Waals surface area contributed by atoms with E-state index in [1.807, 2.05) is 0 Å². The summed E-state index contributed by atoms with van der Waals surface area (Å²) in [6.45, 7) is -0.238. The Kier molecular flexibility index (Phi) is 4.81. The zero-order valence-electron chi connectivity index (χ0n) is 12.8. The molecule has 0 aliphatic rings. The van der Waals surface area contributed by atoms with E-state index in [0.29, 0.717) is 15.1 Å². The minimum absolute atomic E-state index is 0.0588. The minimum atomic E-state index is -0.733. The van der Waals surface area contributed by atoms with Gasteiger partial charge in [-0.25, -0.2) is 9.78 Å². The lowest BCUT2D eigenvalue weighted by atomic mass is 10.2. The van der Waals surface area contributed by atoms with Crippen LogP contribution in [-0.4, -0.2) is 27.1 Å². The Hall–Kier alpha value is -2.72. The van der Waals surface area contributed by atoms with Gasteiger partial charge in [-0.3, -0.25) is 14.9 Å². The highest BCUT2D eigenvalue weighted by Gasteiger charge is 2.18. The Morgan fingerprint density at radius 1 is 1.44 bits per heavy atom. The first-order chi connectivity index (χ1) is 12.0. The Morgan fingerprint density at radius 2 is 2.24 bits per heavy atom. The van der Waals surface area contributed by atoms with Crippen LogP contribution in [0.25, 0.3) is 10.2 Å². The van der Waals surface area contributed by atoms with Crippen molar-refractivity contribution in [2.24, 2.45) is 0 Å². The highest BCUT2D eigenvalue weighted by atomic mass is 32.2. The van der Waals surface area contributed by atoms with Crippen molar-refractivity contribution in [2.45, 2.75) is 11.5 Å². The van der Waals surface area contributed by atoms with Gasteiger partial charge >= 0.3 is 5.97 Å². The van der Waals surface area contributed by atoms with Crippen LogP contribution in [0.5, 0.6) is 0 Å². The number of nitrogens with one attached hydrogen (secondary N) is 1. The monoisotopic (exact) mass is 377 g/mol. The number of thioether (sulfide) groups is 1. The molecule has 3 rings (SSSR count). The second-order valence-electron chi connectivity index (χ2n) is 4.87. The third-order valence-corrected chi connectivity index (χ3v) is 5.00. The van der Waals surface area contributed by atoms with Crippen molar-refractivity contribution in [3.05, 3.63) is 61.5 Å². The summed E-state index contributed by atoms with van der Waals surface area (Å²) in [5.41, 5.74) is 0.127. The molecule has 0 unspecified atom stereocenters. The smallest absolute Gasteiger partial charge is 0.338 e. The van der Waals surface area contributed by atoms with Crippen molar-refractivity contribution in [1.82, 2.24) is 9.97 Å². The molecule has 8 nitrogen and oxygen atoms in total. The number of rotatable bonds is 5. The molecule has 0 saturated heterocycles. The van der Waals surface area contributed by atoms with Crippen molar-refractivity contribution in [2.75, 3.05) is 6.26 Å². The van der Waals surface area contributed by atoms with Crippen LogP contribution in [0.15, 0.2) is 39.3 Å². The molecule has 0 fully saturated rings. The lowest BCUT2D eigenvalue weighted by molar-refractivity contribution is -0.387. The van der Waals surface area contributed by atoms with E-state index < -0.39 is 10.9 Å². The molecule has 0 radical (unpaired) electrons. The van der Waals surface area contributed by atoms with Gasteiger partial charge in [0, 0.05) is 6.07 Å². The molecular formula is C15H11N3O5S2. The standard InChI is InChI=1S/C15H11N3O5S2/c1-24-11-3-2-8(6-10(11)18(21)22)15(20)23-7-12-16-9-4-5-25-13(9)14(19)17-12/h2-6H,7H2,1H3,(H,16,17,19). The number of aromatic amines is 1. The lowest BCUT2D eigenvalue weighted by Gasteiger charge is -2.06. The Labute approximate surface area is 149 Å². The van der Waals surface area contributed by atoms with Gasteiger partial charge in [0.15, 0.2) is 0 Å². The van der Waals surface area contributed by atoms with Gasteiger partial charge in [0.2, 0.25) is 0 Å². The van der Waals surface area contributed by atoms with Gasteiger partial charge in [0.25, 0.3) is 11.2 Å². The number of nitro benzene ring substituents is 1. The van der Waals surface area contributed by atoms with Gasteiger partial charge in [-0.05, 0) is 29.8 Å². The van der Waals surface area contributed by atoms with Crippen molar-refractivity contribution < 1.29 is 14.5 Å². The van der Waals surface area contributed by atoms with E-state index >= 15 is 0 Å². The van der Waals surface area contributed by atoms with Crippen LogP contribution in [0.2, 0.25) is 0 Å². The van der Waals surface area contributed by atoms with Crippen molar-refractivity contribution in [1.29, 1.82) is 0 Å². The van der Waals surface area contributed by atoms with Crippen LogP contribution >= 0.6 is 23.1 Å². The first-order valence-electron chi connectivity index (χ1n) is 6.95. The number of ether oxygens (including phenoxy) is 1. The average Bonchev–Trinajstić information content (AvgIpc) is 3.08. The molecule has 0 spiro atoms. The van der Waals surface area contributed by atoms with Gasteiger partial charge in [-0.15, -0.1) is 23.1 Å². The summed E-state index contributed by atoms with van der Waals surface area (Å²) >= 11 is 2.49. The van der Waals surface area contributed by atoms with E-state index in [9.17, 15) is 19.7 Å². The molecule has 0 aliphatic heterocycles. The maximum Gasteiger partial charge on any atom is 0.338 e. The summed E-state index contributed by atoms with van der Waals surface area (Å²) < 4.78 is 5.60. The summed E-state index contributed by atoms with van der Waals surface area (Å²) in [5.74, 6) is -0.525. The second kappa shape index (κ2) is 7.03. The second-order valence-corrected chi connectivity index (χ2v) is 6.63. The Balaban J connectivity index is 1.79. The lowest BCUT2D eigenvalue weighted by Crippen LogP contribution is -2.13. The Bertz CT molecular complexity index is 1030. The molecule has 0 aliphatic carbocycles. The van der Waals surface area contributed by atoms with Crippen LogP contribution < -0.4 is 5.56 Å². The number of benzene rings is 1. The van der Waals surface area contributed by atoms with Crippen LogP contribution in [0.3, 0.4) is 0 Å². The number of carbonyl (C=O) groups is 1. The molecule has 0 bridgehead atoms. The number of carbonyl (C=O) groups excluding carboxylic acids is 1. The molecule has 0 saturated carbocycles. The predicted molar refractivity (Wildman–Crippen MR) is 94.2 cm³/mol. The zero-order valence-corrected chi connectivity index (χ0v) is 14.5. The minimum Gasteiger partial charge on any atom is -0.454 e. The van der Waals surface area contributed by atoms with Crippen LogP contribution in [-0.2, 0) is 11.3 Å². The Morgan fingerprint density at radius 3 is 2.96 bits per heavy atom. The fourth-order valence-electron chi connectivity index (χ4n) is 2.17. The van der Waals surface area contributed by atoms with Crippen LogP contribution in [0.1, 0.15) is 16.2 Å². The molecule has 10 heteroatoms. The molecule has 1 N–H and O–H groups in total. The summed E-state index contributed by atoms with van der Waals surface area (Å²) in [6.07, 6.45) is 1.71. The molecule has 1 aromatic carbocycles. The normalized spacial score (nSPS) is 10.8. The first kappa shape index (κ1) is 17.1. The summed E-state index contributed by atoms with van der Waals surface area (Å²) in [4.78, 5) is 41.7. The fraction of sp³-hybridized carbons (Fsp3) is 0.133. The number of hydrogen-bond acceptors (Lipinski definition) is 8. The number of thiophene rings is 1. The van der Waals surface area contributed by atoms with E-state index in [4.69, 9.17) is 4.74 Å². The van der Waals surface area contributed by atoms with E-state index in [1.165, 1.54) is 41.3 Å².